The highest BCUT2D eigenvalue weighted by Crippen LogP contribution is 2.41. The number of fused-ring (bicyclic) bond motifs is 1. The molecule has 0 atom stereocenters. The maximum atomic E-state index is 15.5. The fourth-order valence-corrected chi connectivity index (χ4v) is 10.7. The minimum atomic E-state index is -3.00. The molecule has 2 aromatic carbocycles. The van der Waals surface area contributed by atoms with Crippen molar-refractivity contribution in [3.8, 4) is 17.2 Å². The normalized spacial score (nSPS) is 17.4. The van der Waals surface area contributed by atoms with Crippen molar-refractivity contribution in [2.24, 2.45) is 0 Å². The van der Waals surface area contributed by atoms with Gasteiger partial charge in [0.15, 0.2) is 0 Å². The summed E-state index contributed by atoms with van der Waals surface area (Å²) in [6.07, 6.45) is 0. The van der Waals surface area contributed by atoms with E-state index in [1.54, 1.807) is 6.07 Å². The fourth-order valence-electron chi connectivity index (χ4n) is 5.50. The first-order valence-corrected chi connectivity index (χ1v) is 14.9. The first kappa shape index (κ1) is 28.6. The molecular formula is C28H38BF3O3Si. The Labute approximate surface area is 215 Å². The van der Waals surface area contributed by atoms with Crippen LogP contribution in [0.15, 0.2) is 24.3 Å². The lowest BCUT2D eigenvalue weighted by Crippen LogP contribution is -2.43. The predicted octanol–water partition coefficient (Wildman–Crippen LogP) is 7.45. The number of alkyl halides is 2. The number of hydrogen-bond acceptors (Lipinski definition) is 3. The summed E-state index contributed by atoms with van der Waals surface area (Å²) >= 11 is 0. The van der Waals surface area contributed by atoms with Crippen LogP contribution < -0.4 is 10.2 Å². The zero-order valence-electron chi connectivity index (χ0n) is 23.1. The summed E-state index contributed by atoms with van der Waals surface area (Å²) in [7, 11) is -3.06. The molecule has 0 bridgehead atoms. The van der Waals surface area contributed by atoms with Crippen molar-refractivity contribution in [1.82, 2.24) is 0 Å². The van der Waals surface area contributed by atoms with Gasteiger partial charge in [-0.15, -0.1) is 5.54 Å². The van der Waals surface area contributed by atoms with Gasteiger partial charge in [-0.05, 0) is 73.4 Å². The Morgan fingerprint density at radius 3 is 1.89 bits per heavy atom. The predicted molar refractivity (Wildman–Crippen MR) is 144 cm³/mol. The molecule has 0 unspecified atom stereocenters. The van der Waals surface area contributed by atoms with Gasteiger partial charge in [0, 0.05) is 5.39 Å². The van der Waals surface area contributed by atoms with Crippen LogP contribution in [0.3, 0.4) is 0 Å². The Hall–Kier alpha value is -1.95. The third kappa shape index (κ3) is 5.07. The fraction of sp³-hybridized carbons (Fsp3) is 0.571. The molecule has 1 aliphatic heterocycles. The van der Waals surface area contributed by atoms with Gasteiger partial charge in [-0.3, -0.25) is 0 Å². The van der Waals surface area contributed by atoms with Crippen LogP contribution in [-0.4, -0.2) is 33.0 Å². The Kier molecular flexibility index (Phi) is 8.01. The molecule has 8 heteroatoms. The minimum Gasteiger partial charge on any atom is -0.435 e. The average molecular weight is 519 g/mol. The molecule has 2 aromatic rings. The molecule has 1 aliphatic rings. The molecule has 0 amide bonds. The van der Waals surface area contributed by atoms with Crippen molar-refractivity contribution < 1.29 is 27.2 Å². The topological polar surface area (TPSA) is 27.7 Å². The van der Waals surface area contributed by atoms with Crippen molar-refractivity contribution >= 4 is 31.4 Å². The molecular weight excluding hydrogens is 480 g/mol. The van der Waals surface area contributed by atoms with Gasteiger partial charge in [-0.1, -0.05) is 53.5 Å². The van der Waals surface area contributed by atoms with E-state index >= 15 is 4.39 Å². The number of rotatable bonds is 6. The molecule has 0 aromatic heterocycles. The van der Waals surface area contributed by atoms with Crippen molar-refractivity contribution in [2.75, 3.05) is 0 Å². The summed E-state index contributed by atoms with van der Waals surface area (Å²) in [5.41, 5.74) is 4.03. The summed E-state index contributed by atoms with van der Waals surface area (Å²) < 4.78 is 59.0. The van der Waals surface area contributed by atoms with Crippen molar-refractivity contribution in [3.63, 3.8) is 0 Å². The largest absolute Gasteiger partial charge is 0.495 e. The molecule has 0 aliphatic carbocycles. The Morgan fingerprint density at radius 2 is 1.42 bits per heavy atom. The van der Waals surface area contributed by atoms with Gasteiger partial charge in [0.1, 0.15) is 19.6 Å². The molecule has 0 radical (unpaired) electrons. The van der Waals surface area contributed by atoms with E-state index in [9.17, 15) is 8.78 Å². The smallest absolute Gasteiger partial charge is 0.435 e. The van der Waals surface area contributed by atoms with Gasteiger partial charge < -0.3 is 14.0 Å². The van der Waals surface area contributed by atoms with E-state index in [0.29, 0.717) is 32.9 Å². The van der Waals surface area contributed by atoms with Crippen LogP contribution in [0.2, 0.25) is 16.6 Å². The summed E-state index contributed by atoms with van der Waals surface area (Å²) in [5.74, 6) is 2.74. The van der Waals surface area contributed by atoms with Crippen LogP contribution in [0.5, 0.6) is 5.75 Å². The molecule has 0 spiro atoms. The van der Waals surface area contributed by atoms with E-state index in [-0.39, 0.29) is 11.3 Å². The molecule has 1 heterocycles. The lowest BCUT2D eigenvalue weighted by atomic mass is 9.74. The summed E-state index contributed by atoms with van der Waals surface area (Å²) in [5, 5.41) is 1.04. The van der Waals surface area contributed by atoms with Crippen LogP contribution >= 0.6 is 0 Å². The van der Waals surface area contributed by atoms with Crippen LogP contribution in [0, 0.1) is 17.3 Å². The molecule has 36 heavy (non-hydrogen) atoms. The first-order chi connectivity index (χ1) is 16.5. The van der Waals surface area contributed by atoms with E-state index in [4.69, 9.17) is 14.0 Å². The van der Waals surface area contributed by atoms with Gasteiger partial charge in [-0.25, -0.2) is 4.39 Å². The monoisotopic (exact) mass is 518 g/mol. The standard InChI is InChI=1S/C28H38BF3O3Si/c1-17(2)36(18(3)4,19(5)6)14-13-22-24(30)12-11-20-15-21(33-26(31)32)16-23(25(20)22)29-34-27(7,8)28(9,10)35-29/h11-12,15-19,26H,1-10H3. The van der Waals surface area contributed by atoms with Gasteiger partial charge in [0.25, 0.3) is 0 Å². The van der Waals surface area contributed by atoms with E-state index in [2.05, 4.69) is 53.0 Å². The highest BCUT2D eigenvalue weighted by molar-refractivity contribution is 6.90. The van der Waals surface area contributed by atoms with Gasteiger partial charge in [-0.2, -0.15) is 8.78 Å². The molecule has 3 rings (SSSR count). The Morgan fingerprint density at radius 1 is 0.889 bits per heavy atom. The van der Waals surface area contributed by atoms with Crippen LogP contribution in [0.4, 0.5) is 13.2 Å². The first-order valence-electron chi connectivity index (χ1n) is 12.6. The summed E-state index contributed by atoms with van der Waals surface area (Å²) in [6, 6.07) is 5.83. The minimum absolute atomic E-state index is 0.0389. The average Bonchev–Trinajstić information content (AvgIpc) is 2.95. The number of halogens is 3. The quantitative estimate of drug-likeness (QED) is 0.294. The number of hydrogen-bond donors (Lipinski definition) is 0. The van der Waals surface area contributed by atoms with Crippen molar-refractivity contribution in [1.29, 1.82) is 0 Å². The van der Waals surface area contributed by atoms with Gasteiger partial charge in [0.2, 0.25) is 0 Å². The second-order valence-electron chi connectivity index (χ2n) is 11.6. The SMILES string of the molecule is CC(C)[Si](C#Cc1c(F)ccc2cc(OC(F)F)cc(B3OC(C)(C)C(C)(C)O3)c12)(C(C)C)C(C)C. The molecule has 3 nitrogen and oxygen atoms in total. The van der Waals surface area contributed by atoms with Crippen LogP contribution in [0.1, 0.15) is 74.8 Å². The highest BCUT2D eigenvalue weighted by Gasteiger charge is 2.52. The lowest BCUT2D eigenvalue weighted by Gasteiger charge is -2.38. The number of ether oxygens (including phenoxy) is 1. The van der Waals surface area contributed by atoms with Crippen LogP contribution in [0.25, 0.3) is 10.8 Å². The third-order valence-electron chi connectivity index (χ3n) is 8.07. The van der Waals surface area contributed by atoms with E-state index in [0.717, 1.165) is 0 Å². The Balaban J connectivity index is 2.34. The van der Waals surface area contributed by atoms with Crippen molar-refractivity contribution in [2.45, 2.75) is 104 Å². The third-order valence-corrected chi connectivity index (χ3v) is 14.4. The maximum Gasteiger partial charge on any atom is 0.495 e. The molecule has 1 fully saturated rings. The van der Waals surface area contributed by atoms with E-state index < -0.39 is 38.8 Å². The second kappa shape index (κ2) is 10.1. The van der Waals surface area contributed by atoms with Crippen LogP contribution in [-0.2, 0) is 9.31 Å². The zero-order valence-corrected chi connectivity index (χ0v) is 24.1. The van der Waals surface area contributed by atoms with Crippen molar-refractivity contribution in [3.05, 3.63) is 35.6 Å². The molecule has 0 N–H and O–H groups in total. The summed E-state index contributed by atoms with van der Waals surface area (Å²) in [6.45, 7) is 17.8. The zero-order chi connectivity index (χ0) is 27.2. The summed E-state index contributed by atoms with van der Waals surface area (Å²) in [4.78, 5) is 0. The Bertz CT molecular complexity index is 1140. The molecule has 196 valence electrons. The molecule has 1 saturated heterocycles. The van der Waals surface area contributed by atoms with Gasteiger partial charge in [0.05, 0.1) is 16.8 Å². The number of benzene rings is 2. The maximum absolute atomic E-state index is 15.5. The second-order valence-corrected chi connectivity index (χ2v) is 17.2. The highest BCUT2D eigenvalue weighted by atomic mass is 28.3. The van der Waals surface area contributed by atoms with E-state index in [1.807, 2.05) is 27.7 Å². The van der Waals surface area contributed by atoms with Gasteiger partial charge >= 0.3 is 13.7 Å². The van der Waals surface area contributed by atoms with E-state index in [1.165, 1.54) is 18.2 Å². The molecule has 0 saturated carbocycles. The lowest BCUT2D eigenvalue weighted by molar-refractivity contribution is -0.0497.